The minimum absolute atomic E-state index is 0. The van der Waals surface area contributed by atoms with Crippen LogP contribution in [0.3, 0.4) is 0 Å². The third kappa shape index (κ3) is 10.6. The summed E-state index contributed by atoms with van der Waals surface area (Å²) in [6.07, 6.45) is -1.55. The second-order valence-electron chi connectivity index (χ2n) is 1.99. The third-order valence-corrected chi connectivity index (χ3v) is 0.967. The van der Waals surface area contributed by atoms with Crippen LogP contribution in [0.1, 0.15) is 0 Å². The quantitative estimate of drug-likeness (QED) is 0.254. The minimum atomic E-state index is -1.55. The predicted octanol–water partition coefficient (Wildman–Crippen LogP) is -1.40. The Morgan fingerprint density at radius 1 is 0.875 bits per heavy atom. The maximum atomic E-state index is 9.83. The Bertz CT molecular complexity index is 240. The smallest absolute Gasteiger partial charge is 0.294 e. The van der Waals surface area contributed by atoms with Crippen molar-refractivity contribution in [3.05, 3.63) is 30.3 Å². The summed E-state index contributed by atoms with van der Waals surface area (Å²) < 4.78 is 0. The van der Waals surface area contributed by atoms with E-state index in [-0.39, 0.29) is 27.3 Å². The Hall–Kier alpha value is -1.48. The first-order valence-corrected chi connectivity index (χ1v) is 3.27. The summed E-state index contributed by atoms with van der Waals surface area (Å²) in [6.45, 7) is -1.69. The molecule has 0 aromatic rings. The van der Waals surface area contributed by atoms with Crippen LogP contribution < -0.4 is 0 Å². The fraction of sp³-hybridized carbons (Fsp3) is 1.00. The molecule has 0 aromatic heterocycles. The van der Waals surface area contributed by atoms with Crippen molar-refractivity contribution in [2.45, 2.75) is 6.10 Å². The van der Waals surface area contributed by atoms with Crippen LogP contribution in [0.4, 0.5) is 0 Å². The Labute approximate surface area is 107 Å². The van der Waals surface area contributed by atoms with Gasteiger partial charge in [-0.25, -0.2) is 0 Å². The molecule has 0 bridgehead atoms. The molecular weight excluding hydrogens is 429 g/mol. The Kier molecular flexibility index (Phi) is 9.31. The van der Waals surface area contributed by atoms with Gasteiger partial charge in [-0.2, -0.15) is 0 Å². The molecule has 0 aliphatic carbocycles. The number of rotatable bonds is 8. The maximum Gasteiger partial charge on any atom is 0.294 e. The van der Waals surface area contributed by atoms with E-state index in [9.17, 15) is 30.3 Å². The summed E-state index contributed by atoms with van der Waals surface area (Å²) in [4.78, 5) is 40.5. The van der Waals surface area contributed by atoms with E-state index in [1.165, 1.54) is 0 Å². The number of hydrogen-bond donors (Lipinski definition) is 0. The molecule has 16 heavy (non-hydrogen) atoms. The van der Waals surface area contributed by atoms with Crippen LogP contribution in [0.15, 0.2) is 0 Å². The van der Waals surface area contributed by atoms with Gasteiger partial charge < -0.3 is 14.5 Å². The minimum Gasteiger partial charge on any atom is -0.311 e. The van der Waals surface area contributed by atoms with Crippen molar-refractivity contribution in [2.75, 3.05) is 13.2 Å². The Morgan fingerprint density at radius 3 is 1.50 bits per heavy atom. The normalized spacial score (nSPS) is 8.81. The van der Waals surface area contributed by atoms with E-state index in [0.717, 1.165) is 0 Å². The molecule has 0 aromatic carbocycles. The molecule has 13 heteroatoms. The molecule has 0 N–H and O–H groups in total. The summed E-state index contributed by atoms with van der Waals surface area (Å²) in [6, 6.07) is 0. The molecule has 0 aliphatic heterocycles. The van der Waals surface area contributed by atoms with E-state index >= 15 is 0 Å². The standard InChI is InChI=1S/C3H5N3O9.Pb/c7-4(8)13-1-3(15-6(11)12)2-14-5(9)10;/h3H,1-2H2;. The number of hydrogen-bond acceptors (Lipinski definition) is 9. The Balaban J connectivity index is 0. The van der Waals surface area contributed by atoms with E-state index in [4.69, 9.17) is 0 Å². The third-order valence-electron chi connectivity index (χ3n) is 0.967. The first-order chi connectivity index (χ1) is 6.91. The van der Waals surface area contributed by atoms with E-state index in [2.05, 4.69) is 14.5 Å². The predicted molar refractivity (Wildman–Crippen MR) is 43.5 cm³/mol. The van der Waals surface area contributed by atoms with Crippen LogP contribution in [0.2, 0.25) is 0 Å². The van der Waals surface area contributed by atoms with Gasteiger partial charge in [0.05, 0.1) is 0 Å². The molecule has 0 amide bonds. The van der Waals surface area contributed by atoms with Crippen molar-refractivity contribution >= 4 is 27.3 Å². The largest absolute Gasteiger partial charge is 0.311 e. The fourth-order valence-corrected chi connectivity index (χ4v) is 0.519. The second kappa shape index (κ2) is 8.80. The molecule has 12 nitrogen and oxygen atoms in total. The van der Waals surface area contributed by atoms with Crippen molar-refractivity contribution in [2.24, 2.45) is 0 Å². The van der Waals surface area contributed by atoms with E-state index in [1.54, 1.807) is 0 Å². The maximum absolute atomic E-state index is 9.83. The molecule has 0 spiro atoms. The molecule has 0 atom stereocenters. The van der Waals surface area contributed by atoms with Crippen LogP contribution in [0.5, 0.6) is 0 Å². The van der Waals surface area contributed by atoms with Crippen LogP contribution in [0, 0.1) is 30.3 Å². The SMILES string of the molecule is O=[N+]([O-])OCC(CO[N+](=O)[O-])O[N+](=O)[O-].[Pb]. The molecule has 0 rings (SSSR count). The van der Waals surface area contributed by atoms with Gasteiger partial charge in [0.1, 0.15) is 13.2 Å². The molecule has 0 aliphatic rings. The zero-order chi connectivity index (χ0) is 11.8. The van der Waals surface area contributed by atoms with Gasteiger partial charge in [-0.15, -0.1) is 30.3 Å². The van der Waals surface area contributed by atoms with Crippen molar-refractivity contribution in [1.82, 2.24) is 0 Å². The van der Waals surface area contributed by atoms with Crippen LogP contribution >= 0.6 is 0 Å². The summed E-state index contributed by atoms with van der Waals surface area (Å²) in [7, 11) is 0. The number of nitrogens with zero attached hydrogens (tertiary/aromatic N) is 3. The summed E-state index contributed by atoms with van der Waals surface area (Å²) >= 11 is 0. The first kappa shape index (κ1) is 16.9. The Morgan fingerprint density at radius 2 is 1.25 bits per heavy atom. The van der Waals surface area contributed by atoms with Gasteiger partial charge in [-0.05, 0) is 0 Å². The summed E-state index contributed by atoms with van der Waals surface area (Å²) in [5.74, 6) is 0. The molecule has 0 unspecified atom stereocenters. The van der Waals surface area contributed by atoms with Gasteiger partial charge in [-0.3, -0.25) is 0 Å². The molecule has 0 saturated carbocycles. The zero-order valence-electron chi connectivity index (χ0n) is 7.51. The van der Waals surface area contributed by atoms with Crippen molar-refractivity contribution in [3.8, 4) is 0 Å². The fourth-order valence-electron chi connectivity index (χ4n) is 0.519. The average Bonchev–Trinajstić information content (AvgIpc) is 2.08. The summed E-state index contributed by atoms with van der Waals surface area (Å²) in [5, 5.41) is 25.5. The van der Waals surface area contributed by atoms with Gasteiger partial charge in [0.2, 0.25) is 0 Å². The van der Waals surface area contributed by atoms with Gasteiger partial charge in [0.25, 0.3) is 15.3 Å². The first-order valence-electron chi connectivity index (χ1n) is 3.27. The van der Waals surface area contributed by atoms with Crippen LogP contribution in [-0.2, 0) is 14.5 Å². The van der Waals surface area contributed by atoms with E-state index in [1.807, 2.05) is 0 Å². The molecule has 0 heterocycles. The van der Waals surface area contributed by atoms with Crippen LogP contribution in [0.25, 0.3) is 0 Å². The van der Waals surface area contributed by atoms with Gasteiger partial charge in [0.15, 0.2) is 6.10 Å². The zero-order valence-corrected chi connectivity index (χ0v) is 11.4. The van der Waals surface area contributed by atoms with Crippen molar-refractivity contribution in [3.63, 3.8) is 0 Å². The molecular formula is C3H5N3O9Pb. The molecule has 90 valence electrons. The van der Waals surface area contributed by atoms with E-state index < -0.39 is 34.6 Å². The van der Waals surface area contributed by atoms with Crippen molar-refractivity contribution < 1.29 is 29.8 Å². The van der Waals surface area contributed by atoms with Gasteiger partial charge in [-0.1, -0.05) is 0 Å². The van der Waals surface area contributed by atoms with Gasteiger partial charge >= 0.3 is 0 Å². The molecule has 0 fully saturated rings. The molecule has 4 radical (unpaired) electrons. The summed E-state index contributed by atoms with van der Waals surface area (Å²) in [5.41, 5.74) is 0. The van der Waals surface area contributed by atoms with Gasteiger partial charge in [0, 0.05) is 27.3 Å². The average molecular weight is 434 g/mol. The topological polar surface area (TPSA) is 157 Å². The van der Waals surface area contributed by atoms with Crippen molar-refractivity contribution in [1.29, 1.82) is 0 Å². The second-order valence-corrected chi connectivity index (χ2v) is 1.99. The molecule has 0 saturated heterocycles. The van der Waals surface area contributed by atoms with E-state index in [0.29, 0.717) is 0 Å². The monoisotopic (exact) mass is 435 g/mol. The van der Waals surface area contributed by atoms with Crippen LogP contribution in [-0.4, -0.2) is 61.9 Å².